The lowest BCUT2D eigenvalue weighted by Gasteiger charge is -2.27. The van der Waals surface area contributed by atoms with Gasteiger partial charge in [0, 0.05) is 12.6 Å². The summed E-state index contributed by atoms with van der Waals surface area (Å²) in [6, 6.07) is 0.231. The second-order valence-electron chi connectivity index (χ2n) is 7.05. The first-order valence-electron chi connectivity index (χ1n) is 7.64. The highest BCUT2D eigenvalue weighted by molar-refractivity contribution is 5.68. The van der Waals surface area contributed by atoms with E-state index in [1.54, 1.807) is 0 Å². The van der Waals surface area contributed by atoms with Crippen LogP contribution in [0.1, 0.15) is 52.9 Å². The van der Waals surface area contributed by atoms with Crippen LogP contribution in [0.2, 0.25) is 0 Å². The molecule has 2 aliphatic carbocycles. The van der Waals surface area contributed by atoms with Gasteiger partial charge in [0.2, 0.25) is 0 Å². The van der Waals surface area contributed by atoms with E-state index in [0.717, 1.165) is 19.0 Å². The summed E-state index contributed by atoms with van der Waals surface area (Å²) in [7, 11) is 0. The van der Waals surface area contributed by atoms with Crippen LogP contribution >= 0.6 is 0 Å². The lowest BCUT2D eigenvalue weighted by Crippen LogP contribution is -2.46. The number of carbonyl (C=O) groups excluding carboxylic acids is 1. The molecule has 2 rings (SSSR count). The molecular weight excluding hydrogens is 240 g/mol. The molecule has 0 aromatic heterocycles. The first-order valence-corrected chi connectivity index (χ1v) is 7.64. The number of carbonyl (C=O) groups is 1. The highest BCUT2D eigenvalue weighted by atomic mass is 16.6. The van der Waals surface area contributed by atoms with Crippen molar-refractivity contribution in [2.75, 3.05) is 13.1 Å². The topological polar surface area (TPSA) is 50.4 Å². The van der Waals surface area contributed by atoms with Crippen LogP contribution in [0.25, 0.3) is 0 Å². The lowest BCUT2D eigenvalue weighted by molar-refractivity contribution is 0.0497. The van der Waals surface area contributed by atoms with Crippen molar-refractivity contribution in [1.82, 2.24) is 10.6 Å². The van der Waals surface area contributed by atoms with E-state index in [9.17, 15) is 4.79 Å². The molecule has 0 bridgehead atoms. The average Bonchev–Trinajstić information content (AvgIpc) is 3.00. The van der Waals surface area contributed by atoms with E-state index in [4.69, 9.17) is 4.74 Å². The van der Waals surface area contributed by atoms with E-state index in [1.807, 2.05) is 20.8 Å². The van der Waals surface area contributed by atoms with Crippen LogP contribution in [0.3, 0.4) is 0 Å². The summed E-state index contributed by atoms with van der Waals surface area (Å²) >= 11 is 0. The molecule has 19 heavy (non-hydrogen) atoms. The quantitative estimate of drug-likeness (QED) is 0.778. The first kappa shape index (κ1) is 14.6. The molecule has 0 heterocycles. The third-order valence-corrected chi connectivity index (χ3v) is 3.92. The summed E-state index contributed by atoms with van der Waals surface area (Å²) in [6.07, 6.45) is 6.28. The fourth-order valence-electron chi connectivity index (χ4n) is 2.43. The maximum atomic E-state index is 11.8. The molecule has 1 amide bonds. The Kier molecular flexibility index (Phi) is 4.71. The highest BCUT2D eigenvalue weighted by Gasteiger charge is 2.33. The van der Waals surface area contributed by atoms with Gasteiger partial charge in [0.25, 0.3) is 0 Å². The Labute approximate surface area is 116 Å². The predicted molar refractivity (Wildman–Crippen MR) is 76.1 cm³/mol. The van der Waals surface area contributed by atoms with Crippen molar-refractivity contribution in [2.45, 2.75) is 64.5 Å². The average molecular weight is 268 g/mol. The molecule has 0 aromatic rings. The van der Waals surface area contributed by atoms with Gasteiger partial charge in [-0.15, -0.1) is 0 Å². The Balaban J connectivity index is 1.68. The molecule has 0 saturated heterocycles. The van der Waals surface area contributed by atoms with Crippen molar-refractivity contribution in [3.63, 3.8) is 0 Å². The van der Waals surface area contributed by atoms with E-state index in [0.29, 0.717) is 5.92 Å². The molecule has 4 heteroatoms. The molecule has 2 saturated carbocycles. The van der Waals surface area contributed by atoms with Crippen molar-refractivity contribution in [2.24, 2.45) is 11.8 Å². The van der Waals surface area contributed by atoms with Crippen LogP contribution in [0.15, 0.2) is 0 Å². The zero-order chi connectivity index (χ0) is 13.9. The number of nitrogens with one attached hydrogen (secondary N) is 2. The molecule has 0 spiro atoms. The maximum Gasteiger partial charge on any atom is 0.407 e. The van der Waals surface area contributed by atoms with Crippen molar-refractivity contribution < 1.29 is 9.53 Å². The molecule has 2 N–H and O–H groups in total. The molecule has 0 aliphatic heterocycles. The smallest absolute Gasteiger partial charge is 0.407 e. The molecule has 2 fully saturated rings. The summed E-state index contributed by atoms with van der Waals surface area (Å²) in [5.41, 5.74) is -0.419. The number of alkyl carbamates (subject to hydrolysis) is 1. The van der Waals surface area contributed by atoms with Crippen LogP contribution in [0.5, 0.6) is 0 Å². The molecular formula is C15H28N2O2. The molecule has 1 unspecified atom stereocenters. The normalized spacial score (nSPS) is 21.6. The zero-order valence-electron chi connectivity index (χ0n) is 12.5. The summed E-state index contributed by atoms with van der Waals surface area (Å²) in [5, 5.41) is 6.53. The highest BCUT2D eigenvalue weighted by Crippen LogP contribution is 2.32. The molecule has 2 aliphatic rings. The minimum absolute atomic E-state index is 0.231. The second kappa shape index (κ2) is 6.12. The number of ether oxygens (including phenoxy) is 1. The predicted octanol–water partition coefficient (Wildman–Crippen LogP) is 2.68. The van der Waals surface area contributed by atoms with Gasteiger partial charge in [-0.3, -0.25) is 0 Å². The molecule has 0 aromatic carbocycles. The van der Waals surface area contributed by atoms with E-state index in [-0.39, 0.29) is 12.1 Å². The van der Waals surface area contributed by atoms with Crippen molar-refractivity contribution in [1.29, 1.82) is 0 Å². The Hall–Kier alpha value is -0.770. The van der Waals surface area contributed by atoms with Crippen LogP contribution in [-0.2, 0) is 4.74 Å². The van der Waals surface area contributed by atoms with Gasteiger partial charge in [0.05, 0.1) is 0 Å². The van der Waals surface area contributed by atoms with Gasteiger partial charge < -0.3 is 15.4 Å². The van der Waals surface area contributed by atoms with Gasteiger partial charge in [-0.25, -0.2) is 4.79 Å². The Morgan fingerprint density at radius 2 is 1.95 bits per heavy atom. The third-order valence-electron chi connectivity index (χ3n) is 3.92. The largest absolute Gasteiger partial charge is 0.444 e. The Bertz CT molecular complexity index is 304. The summed E-state index contributed by atoms with van der Waals surface area (Å²) in [6.45, 7) is 7.66. The molecule has 110 valence electrons. The van der Waals surface area contributed by atoms with Gasteiger partial charge in [0.15, 0.2) is 0 Å². The zero-order valence-corrected chi connectivity index (χ0v) is 12.5. The number of rotatable bonds is 6. The third kappa shape index (κ3) is 5.39. The van der Waals surface area contributed by atoms with Crippen LogP contribution in [-0.4, -0.2) is 30.8 Å². The Morgan fingerprint density at radius 1 is 1.26 bits per heavy atom. The van der Waals surface area contributed by atoms with Crippen LogP contribution < -0.4 is 10.6 Å². The summed E-state index contributed by atoms with van der Waals surface area (Å²) in [4.78, 5) is 11.8. The number of amides is 1. The second-order valence-corrected chi connectivity index (χ2v) is 7.05. The molecule has 4 nitrogen and oxygen atoms in total. The van der Waals surface area contributed by atoms with Gasteiger partial charge >= 0.3 is 6.09 Å². The fraction of sp³-hybridized carbons (Fsp3) is 0.933. The van der Waals surface area contributed by atoms with Gasteiger partial charge in [-0.05, 0) is 64.8 Å². The molecule has 0 radical (unpaired) electrons. The minimum Gasteiger partial charge on any atom is -0.444 e. The monoisotopic (exact) mass is 268 g/mol. The van der Waals surface area contributed by atoms with Crippen LogP contribution in [0, 0.1) is 11.8 Å². The summed E-state index contributed by atoms with van der Waals surface area (Å²) < 4.78 is 5.33. The van der Waals surface area contributed by atoms with E-state index < -0.39 is 5.60 Å². The number of hydrogen-bond donors (Lipinski definition) is 2. The fourth-order valence-corrected chi connectivity index (χ4v) is 2.43. The van der Waals surface area contributed by atoms with Gasteiger partial charge in [0.1, 0.15) is 5.60 Å². The van der Waals surface area contributed by atoms with Crippen LogP contribution in [0.4, 0.5) is 4.79 Å². The number of hydrogen-bond acceptors (Lipinski definition) is 3. The first-order chi connectivity index (χ1) is 8.94. The van der Waals surface area contributed by atoms with Crippen molar-refractivity contribution >= 4 is 6.09 Å². The minimum atomic E-state index is -0.419. The maximum absolute atomic E-state index is 11.8. The summed E-state index contributed by atoms with van der Waals surface area (Å²) in [5.74, 6) is 1.50. The van der Waals surface area contributed by atoms with E-state index >= 15 is 0 Å². The van der Waals surface area contributed by atoms with Gasteiger partial charge in [-0.1, -0.05) is 6.42 Å². The SMILES string of the molecule is CC(C)(C)OC(=O)NC(CNCC1CCC1)C1CC1. The Morgan fingerprint density at radius 3 is 2.42 bits per heavy atom. The standard InChI is InChI=1S/C15H28N2O2/c1-15(2,3)19-14(18)17-13(12-7-8-12)10-16-9-11-5-4-6-11/h11-13,16H,4-10H2,1-3H3,(H,17,18). The van der Waals surface area contributed by atoms with Crippen molar-refractivity contribution in [3.05, 3.63) is 0 Å². The van der Waals surface area contributed by atoms with Gasteiger partial charge in [-0.2, -0.15) is 0 Å². The van der Waals surface area contributed by atoms with E-state index in [1.165, 1.54) is 32.1 Å². The van der Waals surface area contributed by atoms with E-state index in [2.05, 4.69) is 10.6 Å². The lowest BCUT2D eigenvalue weighted by atomic mass is 9.85. The van der Waals surface area contributed by atoms with Crippen molar-refractivity contribution in [3.8, 4) is 0 Å². The molecule has 1 atom stereocenters.